The Morgan fingerprint density at radius 3 is 1.33 bits per heavy atom. The molecule has 2 heteroatoms. The first-order valence-electron chi connectivity index (χ1n) is 8.03. The Bertz CT molecular complexity index is 685. The Balaban J connectivity index is 2.26. The van der Waals surface area contributed by atoms with E-state index < -0.39 is 4.75 Å². The van der Waals surface area contributed by atoms with E-state index in [4.69, 9.17) is 0 Å². The monoisotopic (exact) mass is 332 g/mol. The molecule has 0 saturated heterocycles. The zero-order chi connectivity index (χ0) is 16.8. The van der Waals surface area contributed by atoms with Gasteiger partial charge in [0.25, 0.3) is 0 Å². The number of hydrogen-bond acceptors (Lipinski definition) is 2. The molecule has 120 valence electrons. The summed E-state index contributed by atoms with van der Waals surface area (Å²) in [5.41, 5.74) is 3.57. The first-order chi connectivity index (χ1) is 11.7. The zero-order valence-corrected chi connectivity index (χ0v) is 14.5. The van der Waals surface area contributed by atoms with Crippen LogP contribution in [0.1, 0.15) is 23.6 Å². The highest BCUT2D eigenvalue weighted by molar-refractivity contribution is 8.01. The number of hydrogen-bond donors (Lipinski definition) is 0. The molecule has 0 aliphatic carbocycles. The number of thioether (sulfide) groups is 1. The summed E-state index contributed by atoms with van der Waals surface area (Å²) in [7, 11) is 0. The summed E-state index contributed by atoms with van der Waals surface area (Å²) >= 11 is 1.69. The second kappa shape index (κ2) is 7.50. The number of carbonyl (C=O) groups excluding carboxylic acids is 1. The highest BCUT2D eigenvalue weighted by Crippen LogP contribution is 2.48. The molecule has 3 aromatic carbocycles. The lowest BCUT2D eigenvalue weighted by molar-refractivity contribution is -0.114. The summed E-state index contributed by atoms with van der Waals surface area (Å²) in [6.45, 7) is 1.65. The minimum Gasteiger partial charge on any atom is -0.299 e. The molecule has 0 fully saturated rings. The molecule has 0 aromatic heterocycles. The van der Waals surface area contributed by atoms with Gasteiger partial charge in [0.15, 0.2) is 0 Å². The van der Waals surface area contributed by atoms with E-state index in [1.54, 1.807) is 18.7 Å². The Labute approximate surface area is 147 Å². The molecule has 0 radical (unpaired) electrons. The summed E-state index contributed by atoms with van der Waals surface area (Å²) in [5, 5.41) is 0. The van der Waals surface area contributed by atoms with Gasteiger partial charge in [-0.05, 0) is 23.6 Å². The minimum absolute atomic E-state index is 0.187. The largest absolute Gasteiger partial charge is 0.299 e. The van der Waals surface area contributed by atoms with Crippen molar-refractivity contribution in [3.8, 4) is 0 Å². The highest BCUT2D eigenvalue weighted by Gasteiger charge is 2.36. The maximum atomic E-state index is 11.8. The van der Waals surface area contributed by atoms with E-state index >= 15 is 0 Å². The molecule has 0 aliphatic rings. The number of ketones is 1. The lowest BCUT2D eigenvalue weighted by Gasteiger charge is -2.35. The lowest BCUT2D eigenvalue weighted by atomic mass is 9.84. The smallest absolute Gasteiger partial charge is 0.139 e. The summed E-state index contributed by atoms with van der Waals surface area (Å²) < 4.78 is -0.393. The van der Waals surface area contributed by atoms with E-state index in [2.05, 4.69) is 72.8 Å². The number of rotatable bonds is 6. The summed E-state index contributed by atoms with van der Waals surface area (Å²) in [4.78, 5) is 11.8. The van der Waals surface area contributed by atoms with E-state index in [1.165, 1.54) is 16.7 Å². The van der Waals surface area contributed by atoms with Crippen molar-refractivity contribution in [1.29, 1.82) is 0 Å². The Morgan fingerprint density at radius 1 is 0.708 bits per heavy atom. The van der Waals surface area contributed by atoms with Crippen molar-refractivity contribution < 1.29 is 4.79 Å². The van der Waals surface area contributed by atoms with Crippen LogP contribution in [0.15, 0.2) is 91.0 Å². The van der Waals surface area contributed by atoms with Crippen LogP contribution in [0.3, 0.4) is 0 Å². The molecule has 0 saturated carbocycles. The molecule has 0 N–H and O–H groups in total. The van der Waals surface area contributed by atoms with Gasteiger partial charge >= 0.3 is 0 Å². The first kappa shape index (κ1) is 16.5. The topological polar surface area (TPSA) is 17.1 Å². The molecule has 0 heterocycles. The average Bonchev–Trinajstić information content (AvgIpc) is 2.65. The van der Waals surface area contributed by atoms with Crippen LogP contribution in [0.4, 0.5) is 0 Å². The average molecular weight is 332 g/mol. The van der Waals surface area contributed by atoms with Crippen LogP contribution in [-0.4, -0.2) is 11.5 Å². The lowest BCUT2D eigenvalue weighted by Crippen LogP contribution is -2.27. The molecule has 0 bridgehead atoms. The highest BCUT2D eigenvalue weighted by atomic mass is 32.2. The molecule has 1 nitrogen and oxygen atoms in total. The van der Waals surface area contributed by atoms with E-state index in [0.29, 0.717) is 5.75 Å². The SMILES string of the molecule is CC(=O)CSC(c1ccccc1)(c1ccccc1)c1ccccc1. The third-order valence-electron chi connectivity index (χ3n) is 4.03. The number of carbonyl (C=O) groups is 1. The zero-order valence-electron chi connectivity index (χ0n) is 13.7. The Kier molecular flexibility index (Phi) is 5.17. The maximum Gasteiger partial charge on any atom is 0.139 e. The van der Waals surface area contributed by atoms with E-state index in [0.717, 1.165) is 0 Å². The van der Waals surface area contributed by atoms with Crippen LogP contribution in [0.2, 0.25) is 0 Å². The summed E-state index contributed by atoms with van der Waals surface area (Å²) in [5.74, 6) is 0.658. The normalized spacial score (nSPS) is 11.2. The molecule has 0 spiro atoms. The third-order valence-corrected chi connectivity index (χ3v) is 5.72. The van der Waals surface area contributed by atoms with E-state index in [-0.39, 0.29) is 5.78 Å². The molecular weight excluding hydrogens is 312 g/mol. The van der Waals surface area contributed by atoms with Gasteiger partial charge < -0.3 is 0 Å². The van der Waals surface area contributed by atoms with Crippen LogP contribution in [0, 0.1) is 0 Å². The molecule has 3 aromatic rings. The maximum absolute atomic E-state index is 11.8. The van der Waals surface area contributed by atoms with Crippen LogP contribution < -0.4 is 0 Å². The predicted octanol–water partition coefficient (Wildman–Crippen LogP) is 5.30. The van der Waals surface area contributed by atoms with Crippen molar-refractivity contribution in [3.63, 3.8) is 0 Å². The van der Waals surface area contributed by atoms with Crippen molar-refractivity contribution in [2.24, 2.45) is 0 Å². The third kappa shape index (κ3) is 3.29. The van der Waals surface area contributed by atoms with Gasteiger partial charge in [-0.15, -0.1) is 11.8 Å². The summed E-state index contributed by atoms with van der Waals surface area (Å²) in [6.07, 6.45) is 0. The van der Waals surface area contributed by atoms with E-state index in [9.17, 15) is 4.79 Å². The van der Waals surface area contributed by atoms with Gasteiger partial charge in [0.05, 0.1) is 10.5 Å². The van der Waals surface area contributed by atoms with Crippen molar-refractivity contribution >= 4 is 17.5 Å². The predicted molar refractivity (Wildman–Crippen MR) is 102 cm³/mol. The fourth-order valence-electron chi connectivity index (χ4n) is 2.98. The van der Waals surface area contributed by atoms with Crippen LogP contribution in [0.25, 0.3) is 0 Å². The van der Waals surface area contributed by atoms with Gasteiger partial charge in [-0.2, -0.15) is 0 Å². The Morgan fingerprint density at radius 2 is 1.04 bits per heavy atom. The number of Topliss-reactive ketones (excluding diaryl/α,β-unsaturated/α-hetero) is 1. The number of benzene rings is 3. The first-order valence-corrected chi connectivity index (χ1v) is 9.02. The van der Waals surface area contributed by atoms with Gasteiger partial charge in [0.1, 0.15) is 5.78 Å². The van der Waals surface area contributed by atoms with Gasteiger partial charge in [0.2, 0.25) is 0 Å². The van der Waals surface area contributed by atoms with Crippen molar-refractivity contribution in [2.45, 2.75) is 11.7 Å². The molecule has 24 heavy (non-hydrogen) atoms. The van der Waals surface area contributed by atoms with Crippen LogP contribution >= 0.6 is 11.8 Å². The standard InChI is InChI=1S/C22H20OS/c1-18(23)17-24-22(19-11-5-2-6-12-19,20-13-7-3-8-14-20)21-15-9-4-10-16-21/h2-16H,17H2,1H3. The van der Waals surface area contributed by atoms with Gasteiger partial charge in [0, 0.05) is 0 Å². The van der Waals surface area contributed by atoms with Crippen molar-refractivity contribution in [3.05, 3.63) is 108 Å². The van der Waals surface area contributed by atoms with E-state index in [1.807, 2.05) is 18.2 Å². The van der Waals surface area contributed by atoms with Crippen molar-refractivity contribution in [2.75, 3.05) is 5.75 Å². The van der Waals surface area contributed by atoms with Crippen LogP contribution in [0.5, 0.6) is 0 Å². The van der Waals surface area contributed by atoms with Gasteiger partial charge in [-0.25, -0.2) is 0 Å². The molecule has 0 atom stereocenters. The van der Waals surface area contributed by atoms with Crippen LogP contribution in [-0.2, 0) is 9.54 Å². The fourth-order valence-corrected chi connectivity index (χ4v) is 4.31. The molecule has 0 unspecified atom stereocenters. The quantitative estimate of drug-likeness (QED) is 0.570. The molecular formula is C22H20OS. The van der Waals surface area contributed by atoms with Crippen molar-refractivity contribution in [1.82, 2.24) is 0 Å². The fraction of sp³-hybridized carbons (Fsp3) is 0.136. The molecule has 0 aliphatic heterocycles. The van der Waals surface area contributed by atoms with Gasteiger partial charge in [-0.3, -0.25) is 4.79 Å². The molecule has 3 rings (SSSR count). The second-order valence-corrected chi connectivity index (χ2v) is 6.96. The van der Waals surface area contributed by atoms with Gasteiger partial charge in [-0.1, -0.05) is 91.0 Å². The Hall–Kier alpha value is -2.32. The minimum atomic E-state index is -0.393. The second-order valence-electron chi connectivity index (χ2n) is 5.77. The molecule has 0 amide bonds. The summed E-state index contributed by atoms with van der Waals surface area (Å²) in [6, 6.07) is 31.3.